The molecule has 1 fully saturated rings. The predicted molar refractivity (Wildman–Crippen MR) is 69.0 cm³/mol. The Morgan fingerprint density at radius 3 is 2.38 bits per heavy atom. The summed E-state index contributed by atoms with van der Waals surface area (Å²) in [5, 5.41) is 0. The number of hydrogen-bond donors (Lipinski definition) is 1. The van der Waals surface area contributed by atoms with Gasteiger partial charge in [-0.15, -0.1) is 0 Å². The first-order chi connectivity index (χ1) is 9.77. The number of carbonyl (C=O) groups is 2. The summed E-state index contributed by atoms with van der Waals surface area (Å²) < 4.78 is 37.3. The summed E-state index contributed by atoms with van der Waals surface area (Å²) in [5.41, 5.74) is 5.17. The minimum atomic E-state index is -4.35. The van der Waals surface area contributed by atoms with Crippen molar-refractivity contribution in [2.24, 2.45) is 11.7 Å². The van der Waals surface area contributed by atoms with E-state index in [1.54, 1.807) is 0 Å². The molecule has 0 spiro atoms. The van der Waals surface area contributed by atoms with Crippen molar-refractivity contribution >= 4 is 11.8 Å². The smallest absolute Gasteiger partial charge is 0.369 e. The van der Waals surface area contributed by atoms with E-state index in [1.165, 1.54) is 17.0 Å². The number of likely N-dealkylation sites (tertiary alicyclic amines) is 1. The molecule has 1 aliphatic rings. The van der Waals surface area contributed by atoms with Gasteiger partial charge in [-0.2, -0.15) is 13.2 Å². The highest BCUT2D eigenvalue weighted by Crippen LogP contribution is 2.29. The molecule has 1 heterocycles. The molecule has 2 amide bonds. The largest absolute Gasteiger partial charge is 0.416 e. The fourth-order valence-corrected chi connectivity index (χ4v) is 2.30. The van der Waals surface area contributed by atoms with Crippen molar-refractivity contribution in [1.82, 2.24) is 4.90 Å². The lowest BCUT2D eigenvalue weighted by Gasteiger charge is -2.16. The van der Waals surface area contributed by atoms with Crippen LogP contribution in [0.4, 0.5) is 13.2 Å². The molecule has 2 N–H and O–H groups in total. The number of nitrogens with two attached hydrogens (primary N) is 1. The third-order valence-electron chi connectivity index (χ3n) is 3.57. The summed E-state index contributed by atoms with van der Waals surface area (Å²) in [4.78, 5) is 24.2. The van der Waals surface area contributed by atoms with E-state index in [0.717, 1.165) is 12.1 Å². The first-order valence-corrected chi connectivity index (χ1v) is 6.50. The monoisotopic (exact) mass is 300 g/mol. The van der Waals surface area contributed by atoms with Crippen molar-refractivity contribution in [2.75, 3.05) is 13.1 Å². The normalized spacial score (nSPS) is 19.1. The Labute approximate surface area is 119 Å². The highest BCUT2D eigenvalue weighted by atomic mass is 19.4. The van der Waals surface area contributed by atoms with Crippen LogP contribution in [0, 0.1) is 5.92 Å². The number of hydrogen-bond acceptors (Lipinski definition) is 2. The molecule has 21 heavy (non-hydrogen) atoms. The molecule has 4 nitrogen and oxygen atoms in total. The van der Waals surface area contributed by atoms with Crippen LogP contribution in [-0.4, -0.2) is 29.8 Å². The first kappa shape index (κ1) is 15.3. The highest BCUT2D eigenvalue weighted by molar-refractivity contribution is 5.88. The van der Waals surface area contributed by atoms with E-state index in [1.807, 2.05) is 0 Å². The van der Waals surface area contributed by atoms with Gasteiger partial charge in [0.15, 0.2) is 0 Å². The SMILES string of the molecule is NC(=O)C1CC(=O)N(CCc2ccc(C(F)(F)F)cc2)C1. The van der Waals surface area contributed by atoms with Gasteiger partial charge in [-0.1, -0.05) is 12.1 Å². The average molecular weight is 300 g/mol. The standard InChI is InChI=1S/C14H15F3N2O2/c15-14(16,17)11-3-1-9(2-4-11)5-6-19-8-10(13(18)21)7-12(19)20/h1-4,10H,5-8H2,(H2,18,21). The quantitative estimate of drug-likeness (QED) is 0.917. The third-order valence-corrected chi connectivity index (χ3v) is 3.57. The predicted octanol–water partition coefficient (Wildman–Crippen LogP) is 1.58. The van der Waals surface area contributed by atoms with Crippen molar-refractivity contribution in [3.05, 3.63) is 35.4 Å². The zero-order chi connectivity index (χ0) is 15.6. The average Bonchev–Trinajstić information content (AvgIpc) is 2.77. The Morgan fingerprint density at radius 1 is 1.29 bits per heavy atom. The molecule has 1 aromatic carbocycles. The molecule has 0 aliphatic carbocycles. The molecule has 1 aliphatic heterocycles. The van der Waals surface area contributed by atoms with E-state index in [-0.39, 0.29) is 18.9 Å². The first-order valence-electron chi connectivity index (χ1n) is 6.50. The van der Waals surface area contributed by atoms with Crippen LogP contribution in [0.3, 0.4) is 0 Å². The van der Waals surface area contributed by atoms with Gasteiger partial charge in [0, 0.05) is 19.5 Å². The van der Waals surface area contributed by atoms with Gasteiger partial charge in [-0.05, 0) is 24.1 Å². The Kier molecular flexibility index (Phi) is 4.20. The van der Waals surface area contributed by atoms with E-state index in [4.69, 9.17) is 5.73 Å². The van der Waals surface area contributed by atoms with Gasteiger partial charge in [0.2, 0.25) is 11.8 Å². The number of amides is 2. The molecule has 0 aromatic heterocycles. The Bertz CT molecular complexity index is 540. The molecular formula is C14H15F3N2O2. The molecule has 1 saturated heterocycles. The minimum Gasteiger partial charge on any atom is -0.369 e. The van der Waals surface area contributed by atoms with Crippen molar-refractivity contribution in [3.8, 4) is 0 Å². The lowest BCUT2D eigenvalue weighted by molar-refractivity contribution is -0.137. The maximum atomic E-state index is 12.4. The van der Waals surface area contributed by atoms with Crippen LogP contribution in [0.1, 0.15) is 17.5 Å². The van der Waals surface area contributed by atoms with E-state index in [9.17, 15) is 22.8 Å². The molecule has 1 aromatic rings. The molecule has 1 atom stereocenters. The molecular weight excluding hydrogens is 285 g/mol. The summed E-state index contributed by atoms with van der Waals surface area (Å²) in [5.74, 6) is -1.11. The van der Waals surface area contributed by atoms with Gasteiger partial charge >= 0.3 is 6.18 Å². The van der Waals surface area contributed by atoms with Gasteiger partial charge in [-0.25, -0.2) is 0 Å². The van der Waals surface area contributed by atoms with Crippen molar-refractivity contribution < 1.29 is 22.8 Å². The summed E-state index contributed by atoms with van der Waals surface area (Å²) in [6.45, 7) is 0.656. The number of carbonyl (C=O) groups excluding carboxylic acids is 2. The second-order valence-electron chi connectivity index (χ2n) is 5.09. The van der Waals surface area contributed by atoms with Gasteiger partial charge < -0.3 is 10.6 Å². The van der Waals surface area contributed by atoms with Crippen molar-refractivity contribution in [2.45, 2.75) is 19.0 Å². The summed E-state index contributed by atoms with van der Waals surface area (Å²) in [6, 6.07) is 4.84. The van der Waals surface area contributed by atoms with Crippen molar-refractivity contribution in [3.63, 3.8) is 0 Å². The number of alkyl halides is 3. The van der Waals surface area contributed by atoms with Crippen LogP contribution in [0.2, 0.25) is 0 Å². The topological polar surface area (TPSA) is 63.4 Å². The zero-order valence-electron chi connectivity index (χ0n) is 11.2. The third kappa shape index (κ3) is 3.74. The lowest BCUT2D eigenvalue weighted by Crippen LogP contribution is -2.30. The van der Waals surface area contributed by atoms with E-state index in [2.05, 4.69) is 0 Å². The van der Waals surface area contributed by atoms with Crippen molar-refractivity contribution in [1.29, 1.82) is 0 Å². The Hall–Kier alpha value is -2.05. The fourth-order valence-electron chi connectivity index (χ4n) is 2.30. The van der Waals surface area contributed by atoms with Gasteiger partial charge in [0.1, 0.15) is 0 Å². The molecule has 0 bridgehead atoms. The van der Waals surface area contributed by atoms with Crippen LogP contribution in [0.25, 0.3) is 0 Å². The Balaban J connectivity index is 1.92. The molecule has 0 saturated carbocycles. The van der Waals surface area contributed by atoms with Crippen LogP contribution >= 0.6 is 0 Å². The number of benzene rings is 1. The molecule has 1 unspecified atom stereocenters. The molecule has 2 rings (SSSR count). The summed E-state index contributed by atoms with van der Waals surface area (Å²) in [6.07, 6.45) is -3.80. The number of rotatable bonds is 4. The fraction of sp³-hybridized carbons (Fsp3) is 0.429. The maximum absolute atomic E-state index is 12.4. The number of halogens is 3. The summed E-state index contributed by atoms with van der Waals surface area (Å²) in [7, 11) is 0. The van der Waals surface area contributed by atoms with E-state index in [0.29, 0.717) is 18.5 Å². The zero-order valence-corrected chi connectivity index (χ0v) is 11.2. The van der Waals surface area contributed by atoms with E-state index >= 15 is 0 Å². The van der Waals surface area contributed by atoms with Crippen LogP contribution in [0.15, 0.2) is 24.3 Å². The second kappa shape index (κ2) is 5.75. The van der Waals surface area contributed by atoms with E-state index < -0.39 is 23.6 Å². The number of primary amides is 1. The number of nitrogens with zero attached hydrogens (tertiary/aromatic N) is 1. The highest BCUT2D eigenvalue weighted by Gasteiger charge is 2.33. The minimum absolute atomic E-state index is 0.113. The van der Waals surface area contributed by atoms with Crippen LogP contribution < -0.4 is 5.73 Å². The summed E-state index contributed by atoms with van der Waals surface area (Å²) >= 11 is 0. The van der Waals surface area contributed by atoms with Gasteiger partial charge in [0.25, 0.3) is 0 Å². The molecule has 7 heteroatoms. The maximum Gasteiger partial charge on any atom is 0.416 e. The van der Waals surface area contributed by atoms with Crippen LogP contribution in [0.5, 0.6) is 0 Å². The Morgan fingerprint density at radius 2 is 1.90 bits per heavy atom. The molecule has 114 valence electrons. The van der Waals surface area contributed by atoms with Gasteiger partial charge in [0.05, 0.1) is 11.5 Å². The van der Waals surface area contributed by atoms with Gasteiger partial charge in [-0.3, -0.25) is 9.59 Å². The second-order valence-corrected chi connectivity index (χ2v) is 5.09. The lowest BCUT2D eigenvalue weighted by atomic mass is 10.1. The van der Waals surface area contributed by atoms with Crippen LogP contribution in [-0.2, 0) is 22.2 Å². The molecule has 0 radical (unpaired) electrons.